The molecule has 2 heterocycles. The lowest BCUT2D eigenvalue weighted by Gasteiger charge is -2.35. The molecule has 0 unspecified atom stereocenters. The molecule has 2 aliphatic heterocycles. The number of likely N-dealkylation sites (tertiary alicyclic amines) is 1. The Hall–Kier alpha value is -1.72. The Balaban J connectivity index is 1.45. The zero-order chi connectivity index (χ0) is 20.8. The van der Waals surface area contributed by atoms with Crippen molar-refractivity contribution in [1.29, 1.82) is 0 Å². The van der Waals surface area contributed by atoms with Gasteiger partial charge in [0.1, 0.15) is 0 Å². The number of nitrogens with zero attached hydrogens (tertiary/aromatic N) is 1. The number of carbonyl (C=O) groups is 2. The van der Waals surface area contributed by atoms with Gasteiger partial charge in [0.05, 0.1) is 12.1 Å². The van der Waals surface area contributed by atoms with Crippen LogP contribution in [0.3, 0.4) is 0 Å². The minimum absolute atomic E-state index is 0.0596. The lowest BCUT2D eigenvalue weighted by molar-refractivity contribution is -0.126. The first-order valence-corrected chi connectivity index (χ1v) is 11.2. The van der Waals surface area contributed by atoms with Gasteiger partial charge in [-0.25, -0.2) is 0 Å². The summed E-state index contributed by atoms with van der Waals surface area (Å²) >= 11 is 0. The number of ketones is 1. The number of hydrogen-bond acceptors (Lipinski definition) is 4. The van der Waals surface area contributed by atoms with Crippen LogP contribution in [0.1, 0.15) is 62.4 Å². The molecular formula is C24H36N2O3. The Morgan fingerprint density at radius 3 is 2.38 bits per heavy atom. The third kappa shape index (κ3) is 6.13. The van der Waals surface area contributed by atoms with Crippen molar-refractivity contribution in [3.05, 3.63) is 35.4 Å². The maximum Gasteiger partial charge on any atom is 0.237 e. The van der Waals surface area contributed by atoms with Gasteiger partial charge >= 0.3 is 0 Å². The molecule has 0 spiro atoms. The maximum atomic E-state index is 12.9. The highest BCUT2D eigenvalue weighted by molar-refractivity contribution is 5.98. The summed E-state index contributed by atoms with van der Waals surface area (Å²) in [7, 11) is 0. The number of hydrogen-bond donors (Lipinski definition) is 1. The van der Waals surface area contributed by atoms with E-state index in [1.54, 1.807) is 0 Å². The highest BCUT2D eigenvalue weighted by atomic mass is 16.5. The van der Waals surface area contributed by atoms with Crippen molar-refractivity contribution in [3.63, 3.8) is 0 Å². The summed E-state index contributed by atoms with van der Waals surface area (Å²) in [6.45, 7) is 9.35. The van der Waals surface area contributed by atoms with Crippen LogP contribution >= 0.6 is 0 Å². The van der Waals surface area contributed by atoms with Gasteiger partial charge in [-0.05, 0) is 63.6 Å². The number of amides is 1. The van der Waals surface area contributed by atoms with E-state index in [1.807, 2.05) is 19.1 Å². The van der Waals surface area contributed by atoms with Gasteiger partial charge in [-0.2, -0.15) is 0 Å². The summed E-state index contributed by atoms with van der Waals surface area (Å²) in [6, 6.07) is 7.97. The second-order valence-electron chi connectivity index (χ2n) is 9.03. The molecule has 29 heavy (non-hydrogen) atoms. The molecule has 3 rings (SSSR count). The average Bonchev–Trinajstić information content (AvgIpc) is 3.25. The fourth-order valence-electron chi connectivity index (χ4n) is 4.39. The van der Waals surface area contributed by atoms with E-state index in [1.165, 1.54) is 5.56 Å². The van der Waals surface area contributed by atoms with Crippen molar-refractivity contribution < 1.29 is 14.3 Å². The molecule has 0 bridgehead atoms. The van der Waals surface area contributed by atoms with E-state index in [2.05, 4.69) is 36.2 Å². The molecular weight excluding hydrogens is 364 g/mol. The summed E-state index contributed by atoms with van der Waals surface area (Å²) in [5, 5.41) is 3.03. The molecule has 1 aromatic rings. The van der Waals surface area contributed by atoms with Gasteiger partial charge in [-0.1, -0.05) is 38.1 Å². The van der Waals surface area contributed by atoms with Gasteiger partial charge < -0.3 is 10.1 Å². The van der Waals surface area contributed by atoms with Gasteiger partial charge in [0.25, 0.3) is 0 Å². The van der Waals surface area contributed by atoms with Crippen LogP contribution in [-0.4, -0.2) is 55.0 Å². The first kappa shape index (κ1) is 22.0. The zero-order valence-corrected chi connectivity index (χ0v) is 18.2. The number of ether oxygens (including phenoxy) is 1. The quantitative estimate of drug-likeness (QED) is 0.679. The minimum Gasteiger partial charge on any atom is -0.376 e. The molecule has 0 radical (unpaired) electrons. The summed E-state index contributed by atoms with van der Waals surface area (Å²) in [5.41, 5.74) is 2.10. The van der Waals surface area contributed by atoms with E-state index in [0.717, 1.165) is 57.4 Å². The van der Waals surface area contributed by atoms with E-state index in [-0.39, 0.29) is 29.8 Å². The van der Waals surface area contributed by atoms with E-state index < -0.39 is 0 Å². The number of carbonyl (C=O) groups excluding carboxylic acids is 2. The van der Waals surface area contributed by atoms with E-state index in [9.17, 15) is 9.59 Å². The molecule has 2 aliphatic rings. The van der Waals surface area contributed by atoms with Crippen LogP contribution in [0.4, 0.5) is 0 Å². The highest BCUT2D eigenvalue weighted by Gasteiger charge is 2.30. The van der Waals surface area contributed by atoms with Gasteiger partial charge in [0.15, 0.2) is 5.78 Å². The Kier molecular flexibility index (Phi) is 7.84. The van der Waals surface area contributed by atoms with E-state index in [4.69, 9.17) is 4.74 Å². The summed E-state index contributed by atoms with van der Waals surface area (Å²) in [5.74, 6) is 0.984. The molecule has 5 nitrogen and oxygen atoms in total. The average molecular weight is 401 g/mol. The Morgan fingerprint density at radius 2 is 1.79 bits per heavy atom. The molecule has 0 saturated carbocycles. The molecule has 0 aliphatic carbocycles. The van der Waals surface area contributed by atoms with Gasteiger partial charge in [-0.3, -0.25) is 14.5 Å². The van der Waals surface area contributed by atoms with Gasteiger partial charge in [0.2, 0.25) is 5.91 Å². The van der Waals surface area contributed by atoms with Crippen LogP contribution in [0.25, 0.3) is 0 Å². The Morgan fingerprint density at radius 1 is 1.10 bits per heavy atom. The number of rotatable bonds is 8. The molecule has 0 aromatic heterocycles. The molecule has 2 fully saturated rings. The van der Waals surface area contributed by atoms with Crippen LogP contribution in [-0.2, 0) is 16.0 Å². The number of nitrogens with one attached hydrogen (secondary N) is 1. The number of Topliss-reactive ketones (excluding diaryl/α,β-unsaturated/α-hetero) is 1. The molecule has 1 aromatic carbocycles. The summed E-state index contributed by atoms with van der Waals surface area (Å²) in [4.78, 5) is 27.5. The largest absolute Gasteiger partial charge is 0.376 e. The van der Waals surface area contributed by atoms with Crippen molar-refractivity contribution in [2.45, 2.75) is 65.0 Å². The Labute approximate surface area is 175 Å². The highest BCUT2D eigenvalue weighted by Crippen LogP contribution is 2.24. The van der Waals surface area contributed by atoms with Crippen molar-refractivity contribution in [2.24, 2.45) is 11.8 Å². The van der Waals surface area contributed by atoms with Crippen LogP contribution < -0.4 is 5.32 Å². The SMILES string of the molecule is CC(C)Cc1ccc(C(=O)C2CCN([C@@H](C)C(=O)NC[C@@H]3CCCO3)CC2)cc1. The topological polar surface area (TPSA) is 58.6 Å². The lowest BCUT2D eigenvalue weighted by Crippen LogP contribution is -2.50. The molecule has 2 atom stereocenters. The fraction of sp³-hybridized carbons (Fsp3) is 0.667. The zero-order valence-electron chi connectivity index (χ0n) is 18.2. The van der Waals surface area contributed by atoms with Crippen molar-refractivity contribution in [1.82, 2.24) is 10.2 Å². The molecule has 160 valence electrons. The molecule has 1 amide bonds. The van der Waals surface area contributed by atoms with Crippen LogP contribution in [0.2, 0.25) is 0 Å². The van der Waals surface area contributed by atoms with Crippen LogP contribution in [0, 0.1) is 11.8 Å². The van der Waals surface area contributed by atoms with Crippen molar-refractivity contribution in [3.8, 4) is 0 Å². The normalized spacial score (nSPS) is 22.0. The first-order valence-electron chi connectivity index (χ1n) is 11.2. The predicted octanol–water partition coefficient (Wildman–Crippen LogP) is 3.46. The summed E-state index contributed by atoms with van der Waals surface area (Å²) in [6.07, 6.45) is 4.95. The minimum atomic E-state index is -0.164. The molecule has 2 saturated heterocycles. The monoisotopic (exact) mass is 400 g/mol. The summed E-state index contributed by atoms with van der Waals surface area (Å²) < 4.78 is 5.57. The number of piperidine rings is 1. The van der Waals surface area contributed by atoms with E-state index in [0.29, 0.717) is 12.5 Å². The second-order valence-corrected chi connectivity index (χ2v) is 9.03. The molecule has 1 N–H and O–H groups in total. The maximum absolute atomic E-state index is 12.9. The second kappa shape index (κ2) is 10.4. The van der Waals surface area contributed by atoms with Crippen LogP contribution in [0.5, 0.6) is 0 Å². The van der Waals surface area contributed by atoms with E-state index >= 15 is 0 Å². The van der Waals surface area contributed by atoms with Gasteiger partial charge in [-0.15, -0.1) is 0 Å². The van der Waals surface area contributed by atoms with Gasteiger partial charge in [0, 0.05) is 24.6 Å². The third-order valence-electron chi connectivity index (χ3n) is 6.24. The fourth-order valence-corrected chi connectivity index (χ4v) is 4.39. The predicted molar refractivity (Wildman–Crippen MR) is 115 cm³/mol. The first-order chi connectivity index (χ1) is 13.9. The Bertz CT molecular complexity index is 672. The smallest absolute Gasteiger partial charge is 0.237 e. The number of benzene rings is 1. The lowest BCUT2D eigenvalue weighted by atomic mass is 9.88. The standard InChI is InChI=1S/C24H36N2O3/c1-17(2)15-19-6-8-20(9-7-19)23(27)21-10-12-26(13-11-21)18(3)24(28)25-16-22-5-4-14-29-22/h6-9,17-18,21-22H,4-5,10-16H2,1-3H3,(H,25,28)/t18-,22-/m0/s1. The van der Waals surface area contributed by atoms with Crippen molar-refractivity contribution >= 4 is 11.7 Å². The third-order valence-corrected chi connectivity index (χ3v) is 6.24. The van der Waals surface area contributed by atoms with Crippen molar-refractivity contribution in [2.75, 3.05) is 26.2 Å². The van der Waals surface area contributed by atoms with Crippen LogP contribution in [0.15, 0.2) is 24.3 Å². The molecule has 5 heteroatoms.